The zero-order valence-corrected chi connectivity index (χ0v) is 24.0. The van der Waals surface area contributed by atoms with Crippen LogP contribution in [-0.4, -0.2) is 48.0 Å². The largest absolute Gasteiger partial charge is 0.384 e. The molecule has 0 fully saturated rings. The van der Waals surface area contributed by atoms with E-state index in [9.17, 15) is 19.2 Å². The molecular formula is C31H37N9O4. The van der Waals surface area contributed by atoms with E-state index in [4.69, 9.17) is 28.3 Å². The lowest BCUT2D eigenvalue weighted by Gasteiger charge is -2.24. The van der Waals surface area contributed by atoms with Gasteiger partial charge in [0.2, 0.25) is 23.6 Å². The van der Waals surface area contributed by atoms with Crippen molar-refractivity contribution in [1.29, 1.82) is 5.41 Å². The van der Waals surface area contributed by atoms with Gasteiger partial charge in [-0.2, -0.15) is 0 Å². The van der Waals surface area contributed by atoms with Gasteiger partial charge in [0.25, 0.3) is 0 Å². The predicted molar refractivity (Wildman–Crippen MR) is 168 cm³/mol. The standard InChI is InChI=1S/C31H37N9O4/c32-26(33)21-15-13-19(14-16-21)18-23(28(42)38-22-10-5-2-6-11-22)29(43)40-25(20-8-3-1-4-9-20)30(44)39-24(27(34)41)12-7-17-37-31(35)36/h1-6,8-11,13-16,23-25H,7,12,17-18H2,(H3,32,33)(H2,34,41)(H,38,42)(H,39,44)(H,40,43)(H4,35,36,37)/t23?,24?,25-/m0/s1. The van der Waals surface area contributed by atoms with E-state index in [1.807, 2.05) is 0 Å². The first-order valence-corrected chi connectivity index (χ1v) is 13.8. The Hall–Kier alpha value is -5.72. The molecule has 0 radical (unpaired) electrons. The minimum absolute atomic E-state index is 0.0134. The SMILES string of the molecule is N=C(N)c1ccc(CC(C(=O)Nc2ccccc2)C(=O)N[C@H](C(=O)NC(CCCN=C(N)N)C(N)=O)c2ccccc2)cc1. The molecule has 3 aromatic rings. The summed E-state index contributed by atoms with van der Waals surface area (Å²) in [5, 5.41) is 15.7. The van der Waals surface area contributed by atoms with Crippen molar-refractivity contribution in [2.24, 2.45) is 33.8 Å². The summed E-state index contributed by atoms with van der Waals surface area (Å²) in [5.74, 6) is -4.25. The summed E-state index contributed by atoms with van der Waals surface area (Å²) in [5.41, 5.74) is 23.8. The fraction of sp³-hybridized carbons (Fsp3) is 0.226. The van der Waals surface area contributed by atoms with Crippen LogP contribution < -0.4 is 38.9 Å². The van der Waals surface area contributed by atoms with E-state index in [1.165, 1.54) is 0 Å². The number of nitrogens with zero attached hydrogens (tertiary/aromatic N) is 1. The van der Waals surface area contributed by atoms with Gasteiger partial charge in [-0.3, -0.25) is 29.6 Å². The van der Waals surface area contributed by atoms with Crippen LogP contribution in [-0.2, 0) is 25.6 Å². The Morgan fingerprint density at radius 1 is 0.750 bits per heavy atom. The van der Waals surface area contributed by atoms with Crippen LogP contribution in [0.3, 0.4) is 0 Å². The van der Waals surface area contributed by atoms with E-state index in [0.29, 0.717) is 28.8 Å². The van der Waals surface area contributed by atoms with E-state index in [2.05, 4.69) is 20.9 Å². The zero-order chi connectivity index (χ0) is 32.1. The maximum Gasteiger partial charge on any atom is 0.247 e. The first-order valence-electron chi connectivity index (χ1n) is 13.8. The van der Waals surface area contributed by atoms with Crippen molar-refractivity contribution in [3.8, 4) is 0 Å². The van der Waals surface area contributed by atoms with Crippen molar-refractivity contribution in [3.05, 3.63) is 102 Å². The lowest BCUT2D eigenvalue weighted by atomic mass is 9.95. The Morgan fingerprint density at radius 2 is 1.36 bits per heavy atom. The highest BCUT2D eigenvalue weighted by Crippen LogP contribution is 2.19. The second-order valence-corrected chi connectivity index (χ2v) is 9.99. The van der Waals surface area contributed by atoms with Crippen molar-refractivity contribution in [2.45, 2.75) is 31.3 Å². The molecule has 2 unspecified atom stereocenters. The number of amidine groups is 1. The topological polar surface area (TPSA) is 245 Å². The van der Waals surface area contributed by atoms with Gasteiger partial charge in [-0.25, -0.2) is 0 Å². The molecule has 4 amide bonds. The van der Waals surface area contributed by atoms with Gasteiger partial charge in [0.15, 0.2) is 5.96 Å². The third-order valence-corrected chi connectivity index (χ3v) is 6.67. The maximum atomic E-state index is 13.8. The van der Waals surface area contributed by atoms with E-state index in [1.54, 1.807) is 84.9 Å². The smallest absolute Gasteiger partial charge is 0.247 e. The monoisotopic (exact) mass is 599 g/mol. The number of para-hydroxylation sites is 1. The van der Waals surface area contributed by atoms with Crippen molar-refractivity contribution < 1.29 is 19.2 Å². The van der Waals surface area contributed by atoms with Crippen molar-refractivity contribution in [3.63, 3.8) is 0 Å². The van der Waals surface area contributed by atoms with Crippen LogP contribution in [0.1, 0.15) is 35.6 Å². The highest BCUT2D eigenvalue weighted by atomic mass is 16.2. The molecule has 0 aliphatic heterocycles. The summed E-state index contributed by atoms with van der Waals surface area (Å²) in [4.78, 5) is 56.8. The lowest BCUT2D eigenvalue weighted by Crippen LogP contribution is -2.51. The van der Waals surface area contributed by atoms with Crippen LogP contribution in [0.15, 0.2) is 89.9 Å². The molecule has 0 aliphatic rings. The Balaban J connectivity index is 1.87. The molecule has 230 valence electrons. The summed E-state index contributed by atoms with van der Waals surface area (Å²) in [6.45, 7) is 0.229. The average molecular weight is 600 g/mol. The number of primary amides is 1. The van der Waals surface area contributed by atoms with Gasteiger partial charge in [0, 0.05) is 17.8 Å². The maximum absolute atomic E-state index is 13.8. The van der Waals surface area contributed by atoms with E-state index in [-0.39, 0.29) is 31.2 Å². The third kappa shape index (κ3) is 9.98. The fourth-order valence-electron chi connectivity index (χ4n) is 4.34. The van der Waals surface area contributed by atoms with Gasteiger partial charge in [0.05, 0.1) is 0 Å². The van der Waals surface area contributed by atoms with Crippen LogP contribution >= 0.6 is 0 Å². The minimum Gasteiger partial charge on any atom is -0.384 e. The molecule has 3 atom stereocenters. The molecule has 3 aromatic carbocycles. The number of guanidine groups is 1. The Kier molecular flexibility index (Phi) is 12.0. The average Bonchev–Trinajstić information content (AvgIpc) is 3.00. The Labute approximate surface area is 255 Å². The molecule has 0 saturated carbocycles. The second kappa shape index (κ2) is 16.1. The van der Waals surface area contributed by atoms with Crippen LogP contribution in [0.4, 0.5) is 5.69 Å². The van der Waals surface area contributed by atoms with Crippen molar-refractivity contribution in [2.75, 3.05) is 11.9 Å². The zero-order valence-electron chi connectivity index (χ0n) is 24.0. The molecular weight excluding hydrogens is 562 g/mol. The molecule has 12 N–H and O–H groups in total. The lowest BCUT2D eigenvalue weighted by molar-refractivity contribution is -0.136. The van der Waals surface area contributed by atoms with Gasteiger partial charge >= 0.3 is 0 Å². The molecule has 44 heavy (non-hydrogen) atoms. The van der Waals surface area contributed by atoms with Crippen molar-refractivity contribution >= 4 is 41.1 Å². The van der Waals surface area contributed by atoms with Gasteiger partial charge < -0.3 is 38.9 Å². The Morgan fingerprint density at radius 3 is 1.93 bits per heavy atom. The number of nitrogen functional groups attached to an aromatic ring is 1. The van der Waals surface area contributed by atoms with Gasteiger partial charge in [-0.1, -0.05) is 72.8 Å². The number of carbonyl (C=O) groups excluding carboxylic acids is 4. The summed E-state index contributed by atoms with van der Waals surface area (Å²) in [7, 11) is 0. The number of benzene rings is 3. The Bertz CT molecular complexity index is 1470. The molecule has 0 aliphatic carbocycles. The normalized spacial score (nSPS) is 12.5. The number of nitrogens with one attached hydrogen (secondary N) is 4. The number of amides is 4. The van der Waals surface area contributed by atoms with Gasteiger partial charge in [-0.05, 0) is 42.5 Å². The highest BCUT2D eigenvalue weighted by molar-refractivity contribution is 6.07. The molecule has 0 heterocycles. The van der Waals surface area contributed by atoms with Crippen LogP contribution in [0.25, 0.3) is 0 Å². The summed E-state index contributed by atoms with van der Waals surface area (Å²) in [6, 6.07) is 21.4. The first kappa shape index (κ1) is 32.8. The second-order valence-electron chi connectivity index (χ2n) is 9.99. The number of hydrogen-bond acceptors (Lipinski definition) is 6. The number of anilines is 1. The number of nitrogens with two attached hydrogens (primary N) is 4. The van der Waals surface area contributed by atoms with Crippen LogP contribution in [0.2, 0.25) is 0 Å². The number of hydrogen-bond donors (Lipinski definition) is 8. The highest BCUT2D eigenvalue weighted by Gasteiger charge is 2.33. The molecule has 0 aromatic heterocycles. The van der Waals surface area contributed by atoms with Crippen LogP contribution in [0.5, 0.6) is 0 Å². The van der Waals surface area contributed by atoms with E-state index < -0.39 is 41.6 Å². The fourth-order valence-corrected chi connectivity index (χ4v) is 4.34. The molecule has 13 nitrogen and oxygen atoms in total. The van der Waals surface area contributed by atoms with Gasteiger partial charge in [-0.15, -0.1) is 0 Å². The molecule has 13 heteroatoms. The molecule has 0 bridgehead atoms. The minimum atomic E-state index is -1.26. The summed E-state index contributed by atoms with van der Waals surface area (Å²) < 4.78 is 0. The molecule has 3 rings (SSSR count). The quantitative estimate of drug-likeness (QED) is 0.0536. The molecule has 0 spiro atoms. The number of aliphatic imine (C=N–C) groups is 1. The summed E-state index contributed by atoms with van der Waals surface area (Å²) in [6.07, 6.45) is 0.504. The predicted octanol–water partition coefficient (Wildman–Crippen LogP) is 0.649. The van der Waals surface area contributed by atoms with E-state index in [0.717, 1.165) is 0 Å². The first-order chi connectivity index (χ1) is 21.0. The number of carbonyl (C=O) groups is 4. The number of rotatable bonds is 15. The summed E-state index contributed by atoms with van der Waals surface area (Å²) >= 11 is 0. The molecule has 0 saturated heterocycles. The van der Waals surface area contributed by atoms with E-state index >= 15 is 0 Å². The van der Waals surface area contributed by atoms with Crippen molar-refractivity contribution in [1.82, 2.24) is 10.6 Å². The van der Waals surface area contributed by atoms with Gasteiger partial charge in [0.1, 0.15) is 23.8 Å². The third-order valence-electron chi connectivity index (χ3n) is 6.67. The van der Waals surface area contributed by atoms with Crippen LogP contribution in [0, 0.1) is 11.3 Å².